The van der Waals surface area contributed by atoms with Crippen molar-refractivity contribution in [3.63, 3.8) is 0 Å². The normalized spacial score (nSPS) is 18.1. The lowest BCUT2D eigenvalue weighted by atomic mass is 9.84. The lowest BCUT2D eigenvalue weighted by Gasteiger charge is -2.24. The van der Waals surface area contributed by atoms with Crippen molar-refractivity contribution >= 4 is 6.02 Å². The highest BCUT2D eigenvalue weighted by atomic mass is 16.5. The van der Waals surface area contributed by atoms with Crippen molar-refractivity contribution < 1.29 is 4.74 Å². The number of nitrogens with zero attached hydrogens (tertiary/aromatic N) is 2. The first-order valence-corrected chi connectivity index (χ1v) is 7.16. The summed E-state index contributed by atoms with van der Waals surface area (Å²) in [6.45, 7) is 0. The Kier molecular flexibility index (Phi) is 3.86. The number of amidine groups is 1. The molecule has 0 fully saturated rings. The number of aliphatic imine (C=N–C) groups is 1. The van der Waals surface area contributed by atoms with E-state index in [-0.39, 0.29) is 12.1 Å². The highest BCUT2D eigenvalue weighted by Gasteiger charge is 2.21. The minimum Gasteiger partial charge on any atom is -0.469 e. The molecule has 21 heavy (non-hydrogen) atoms. The van der Waals surface area contributed by atoms with Crippen molar-refractivity contribution in [1.29, 1.82) is 0 Å². The molecule has 0 aliphatic heterocycles. The number of aromatic nitrogens is 1. The van der Waals surface area contributed by atoms with Crippen molar-refractivity contribution in [3.05, 3.63) is 53.9 Å². The molecule has 0 saturated carbocycles. The Morgan fingerprint density at radius 2 is 2.24 bits per heavy atom. The predicted octanol–water partition coefficient (Wildman–Crippen LogP) is 2.57. The van der Waals surface area contributed by atoms with Gasteiger partial charge in [0.05, 0.1) is 13.2 Å². The van der Waals surface area contributed by atoms with Gasteiger partial charge >= 0.3 is 0 Å². The van der Waals surface area contributed by atoms with Crippen LogP contribution in [-0.4, -0.2) is 24.2 Å². The van der Waals surface area contributed by atoms with Crippen LogP contribution in [0.4, 0.5) is 0 Å². The number of hydrogen-bond donors (Lipinski definition) is 1. The van der Waals surface area contributed by atoms with Crippen molar-refractivity contribution in [3.8, 4) is 11.1 Å². The van der Waals surface area contributed by atoms with E-state index in [0.29, 0.717) is 0 Å². The third-order valence-electron chi connectivity index (χ3n) is 3.95. The van der Waals surface area contributed by atoms with Crippen molar-refractivity contribution in [2.75, 3.05) is 7.11 Å². The quantitative estimate of drug-likeness (QED) is 0.680. The highest BCUT2D eigenvalue weighted by molar-refractivity contribution is 5.72. The Balaban J connectivity index is 1.97. The molecule has 1 aromatic heterocycles. The monoisotopic (exact) mass is 281 g/mol. The van der Waals surface area contributed by atoms with Crippen LogP contribution in [0.5, 0.6) is 0 Å². The molecular weight excluding hydrogens is 262 g/mol. The van der Waals surface area contributed by atoms with Gasteiger partial charge in [-0.25, -0.2) is 4.99 Å². The van der Waals surface area contributed by atoms with Crippen molar-refractivity contribution in [1.82, 2.24) is 4.98 Å². The fourth-order valence-electron chi connectivity index (χ4n) is 2.91. The standard InChI is InChI=1S/C17H19N3O/c1-21-17(18)20-14-8-7-12-4-2-6-15(16(12)10-14)13-5-3-9-19-11-13/h2-6,9,11,14H,7-8,10H2,1H3,(H2,18,20). The van der Waals surface area contributed by atoms with Gasteiger partial charge in [-0.3, -0.25) is 4.98 Å². The number of pyridine rings is 1. The van der Waals surface area contributed by atoms with Gasteiger partial charge in [0.1, 0.15) is 0 Å². The Bertz CT molecular complexity index is 652. The summed E-state index contributed by atoms with van der Waals surface area (Å²) < 4.78 is 4.97. The Hall–Kier alpha value is -2.36. The molecule has 0 amide bonds. The van der Waals surface area contributed by atoms with Gasteiger partial charge in [0, 0.05) is 18.0 Å². The predicted molar refractivity (Wildman–Crippen MR) is 84.1 cm³/mol. The van der Waals surface area contributed by atoms with E-state index in [1.54, 1.807) is 13.3 Å². The second-order valence-corrected chi connectivity index (χ2v) is 5.25. The minimum atomic E-state index is 0.190. The molecule has 4 heteroatoms. The van der Waals surface area contributed by atoms with Crippen LogP contribution in [0.15, 0.2) is 47.7 Å². The maximum absolute atomic E-state index is 5.69. The van der Waals surface area contributed by atoms with Gasteiger partial charge in [0.25, 0.3) is 6.02 Å². The molecule has 0 saturated heterocycles. The van der Waals surface area contributed by atoms with Gasteiger partial charge in [-0.2, -0.15) is 0 Å². The zero-order chi connectivity index (χ0) is 14.7. The molecule has 108 valence electrons. The molecule has 1 heterocycles. The van der Waals surface area contributed by atoms with E-state index >= 15 is 0 Å². The van der Waals surface area contributed by atoms with Crippen LogP contribution in [0.2, 0.25) is 0 Å². The van der Waals surface area contributed by atoms with Crippen LogP contribution >= 0.6 is 0 Å². The molecule has 2 aromatic rings. The summed E-state index contributed by atoms with van der Waals surface area (Å²) in [4.78, 5) is 8.67. The number of fused-ring (bicyclic) bond motifs is 1. The first kappa shape index (κ1) is 13.6. The van der Waals surface area contributed by atoms with E-state index in [2.05, 4.69) is 34.2 Å². The number of ether oxygens (including phenoxy) is 1. The second-order valence-electron chi connectivity index (χ2n) is 5.25. The molecule has 1 aliphatic carbocycles. The van der Waals surface area contributed by atoms with Crippen LogP contribution in [0.25, 0.3) is 11.1 Å². The summed E-state index contributed by atoms with van der Waals surface area (Å²) in [5.74, 6) is 0. The fraction of sp³-hybridized carbons (Fsp3) is 0.294. The van der Waals surface area contributed by atoms with Crippen LogP contribution in [-0.2, 0) is 17.6 Å². The third kappa shape index (κ3) is 2.89. The second kappa shape index (κ2) is 5.95. The average molecular weight is 281 g/mol. The number of hydrogen-bond acceptors (Lipinski definition) is 3. The summed E-state index contributed by atoms with van der Waals surface area (Å²) in [7, 11) is 1.55. The SMILES string of the molecule is COC(N)=NC1CCc2cccc(-c3cccnc3)c2C1. The maximum atomic E-state index is 5.69. The van der Waals surface area contributed by atoms with E-state index < -0.39 is 0 Å². The number of nitrogens with two attached hydrogens (primary N) is 1. The van der Waals surface area contributed by atoms with E-state index in [0.717, 1.165) is 24.8 Å². The molecule has 0 bridgehead atoms. The number of benzene rings is 1. The lowest BCUT2D eigenvalue weighted by molar-refractivity contribution is 0.388. The van der Waals surface area contributed by atoms with E-state index in [1.807, 2.05) is 12.3 Å². The summed E-state index contributed by atoms with van der Waals surface area (Å²) in [6, 6.07) is 11.0. The van der Waals surface area contributed by atoms with Crippen molar-refractivity contribution in [2.45, 2.75) is 25.3 Å². The summed E-state index contributed by atoms with van der Waals surface area (Å²) >= 11 is 0. The molecule has 0 radical (unpaired) electrons. The van der Waals surface area contributed by atoms with Crippen LogP contribution in [0, 0.1) is 0 Å². The summed E-state index contributed by atoms with van der Waals surface area (Å²) in [5.41, 5.74) is 10.8. The number of rotatable bonds is 2. The van der Waals surface area contributed by atoms with E-state index in [1.165, 1.54) is 16.7 Å². The first-order chi connectivity index (χ1) is 10.3. The topological polar surface area (TPSA) is 60.5 Å². The minimum absolute atomic E-state index is 0.190. The van der Waals surface area contributed by atoms with E-state index in [4.69, 9.17) is 10.5 Å². The third-order valence-corrected chi connectivity index (χ3v) is 3.95. The summed E-state index contributed by atoms with van der Waals surface area (Å²) in [5, 5.41) is 0. The first-order valence-electron chi connectivity index (χ1n) is 7.16. The average Bonchev–Trinajstić information content (AvgIpc) is 2.55. The van der Waals surface area contributed by atoms with Gasteiger partial charge in [-0.05, 0) is 42.0 Å². The molecule has 0 spiro atoms. The zero-order valence-corrected chi connectivity index (χ0v) is 12.1. The Morgan fingerprint density at radius 1 is 1.33 bits per heavy atom. The molecule has 2 N–H and O–H groups in total. The molecule has 4 nitrogen and oxygen atoms in total. The van der Waals surface area contributed by atoms with E-state index in [9.17, 15) is 0 Å². The Labute approximate surface area is 124 Å². The van der Waals surface area contributed by atoms with Gasteiger partial charge < -0.3 is 10.5 Å². The lowest BCUT2D eigenvalue weighted by Crippen LogP contribution is -2.23. The molecule has 1 aromatic carbocycles. The van der Waals surface area contributed by atoms with Crippen LogP contribution in [0.3, 0.4) is 0 Å². The van der Waals surface area contributed by atoms with Crippen molar-refractivity contribution in [2.24, 2.45) is 10.7 Å². The molecular formula is C17H19N3O. The molecule has 3 rings (SSSR count). The highest BCUT2D eigenvalue weighted by Crippen LogP contribution is 2.32. The largest absolute Gasteiger partial charge is 0.469 e. The maximum Gasteiger partial charge on any atom is 0.281 e. The van der Waals surface area contributed by atoms with Crippen LogP contribution in [0.1, 0.15) is 17.5 Å². The van der Waals surface area contributed by atoms with Crippen LogP contribution < -0.4 is 5.73 Å². The molecule has 1 aliphatic rings. The Morgan fingerprint density at radius 3 is 3.00 bits per heavy atom. The van der Waals surface area contributed by atoms with Gasteiger partial charge in [0.2, 0.25) is 0 Å². The van der Waals surface area contributed by atoms with Gasteiger partial charge in [0.15, 0.2) is 0 Å². The molecule has 1 atom stereocenters. The number of methoxy groups -OCH3 is 1. The smallest absolute Gasteiger partial charge is 0.281 e. The number of aryl methyl sites for hydroxylation is 1. The zero-order valence-electron chi connectivity index (χ0n) is 12.1. The summed E-state index contributed by atoms with van der Waals surface area (Å²) in [6.07, 6.45) is 6.63. The molecule has 1 unspecified atom stereocenters. The van der Waals surface area contributed by atoms with Gasteiger partial charge in [-0.1, -0.05) is 24.3 Å². The van der Waals surface area contributed by atoms with Gasteiger partial charge in [-0.15, -0.1) is 0 Å². The fourth-order valence-corrected chi connectivity index (χ4v) is 2.91.